The minimum Gasteiger partial charge on any atom is -0.393 e. The van der Waals surface area contributed by atoms with Crippen LogP contribution in [0.15, 0.2) is 30.3 Å². The normalized spacial score (nSPS) is 31.1. The van der Waals surface area contributed by atoms with Crippen molar-refractivity contribution in [3.63, 3.8) is 0 Å². The third-order valence-corrected chi connectivity index (χ3v) is 3.94. The molecule has 1 aromatic rings. The SMILES string of the molecule is CC(C)(c1ccccc1)C1(N)CC(O)C1. The lowest BCUT2D eigenvalue weighted by molar-refractivity contribution is -0.0130. The monoisotopic (exact) mass is 205 g/mol. The number of rotatable bonds is 2. The van der Waals surface area contributed by atoms with Gasteiger partial charge in [0, 0.05) is 11.0 Å². The quantitative estimate of drug-likeness (QED) is 0.773. The zero-order chi connectivity index (χ0) is 11.1. The summed E-state index contributed by atoms with van der Waals surface area (Å²) in [5.74, 6) is 0. The Balaban J connectivity index is 2.28. The second-order valence-corrected chi connectivity index (χ2v) is 5.21. The summed E-state index contributed by atoms with van der Waals surface area (Å²) in [5, 5.41) is 9.41. The molecule has 0 bridgehead atoms. The zero-order valence-corrected chi connectivity index (χ0v) is 9.40. The highest BCUT2D eigenvalue weighted by molar-refractivity contribution is 5.31. The first-order valence-corrected chi connectivity index (χ1v) is 5.48. The first-order chi connectivity index (χ1) is 6.96. The van der Waals surface area contributed by atoms with Gasteiger partial charge in [-0.1, -0.05) is 44.2 Å². The molecule has 2 heteroatoms. The number of hydrogen-bond donors (Lipinski definition) is 2. The molecule has 0 radical (unpaired) electrons. The molecule has 2 nitrogen and oxygen atoms in total. The molecular weight excluding hydrogens is 186 g/mol. The standard InChI is InChI=1S/C13H19NO/c1-12(2,10-6-4-3-5-7-10)13(14)8-11(15)9-13/h3-7,11,15H,8-9,14H2,1-2H3. The fourth-order valence-electron chi connectivity index (χ4n) is 2.43. The molecular formula is C13H19NO. The number of hydrogen-bond acceptors (Lipinski definition) is 2. The summed E-state index contributed by atoms with van der Waals surface area (Å²) in [7, 11) is 0. The van der Waals surface area contributed by atoms with Crippen LogP contribution in [0.4, 0.5) is 0 Å². The summed E-state index contributed by atoms with van der Waals surface area (Å²) >= 11 is 0. The van der Waals surface area contributed by atoms with Gasteiger partial charge in [-0.2, -0.15) is 0 Å². The van der Waals surface area contributed by atoms with Crippen molar-refractivity contribution in [1.82, 2.24) is 0 Å². The van der Waals surface area contributed by atoms with Gasteiger partial charge in [-0.25, -0.2) is 0 Å². The van der Waals surface area contributed by atoms with E-state index in [2.05, 4.69) is 26.0 Å². The van der Waals surface area contributed by atoms with Crippen LogP contribution < -0.4 is 5.73 Å². The van der Waals surface area contributed by atoms with Crippen molar-refractivity contribution in [2.45, 2.75) is 43.7 Å². The van der Waals surface area contributed by atoms with Crippen LogP contribution in [0.25, 0.3) is 0 Å². The van der Waals surface area contributed by atoms with E-state index in [0.717, 1.165) is 0 Å². The van der Waals surface area contributed by atoms with Gasteiger partial charge in [0.2, 0.25) is 0 Å². The van der Waals surface area contributed by atoms with E-state index in [1.165, 1.54) is 5.56 Å². The van der Waals surface area contributed by atoms with Crippen LogP contribution in [-0.4, -0.2) is 16.7 Å². The van der Waals surface area contributed by atoms with E-state index in [9.17, 15) is 5.11 Å². The van der Waals surface area contributed by atoms with Crippen molar-refractivity contribution >= 4 is 0 Å². The molecule has 2 rings (SSSR count). The number of benzene rings is 1. The largest absolute Gasteiger partial charge is 0.393 e. The van der Waals surface area contributed by atoms with Crippen LogP contribution in [0.1, 0.15) is 32.3 Å². The first kappa shape index (κ1) is 10.7. The van der Waals surface area contributed by atoms with E-state index < -0.39 is 0 Å². The second kappa shape index (κ2) is 3.32. The molecule has 0 aromatic heterocycles. The molecule has 0 atom stereocenters. The predicted molar refractivity (Wildman–Crippen MR) is 61.6 cm³/mol. The Morgan fingerprint density at radius 3 is 2.27 bits per heavy atom. The third-order valence-electron chi connectivity index (χ3n) is 3.94. The molecule has 0 aliphatic heterocycles. The Kier molecular flexibility index (Phi) is 2.36. The average Bonchev–Trinajstić information content (AvgIpc) is 2.17. The highest BCUT2D eigenvalue weighted by Gasteiger charge is 2.51. The van der Waals surface area contributed by atoms with Gasteiger partial charge in [0.1, 0.15) is 0 Å². The fraction of sp³-hybridized carbons (Fsp3) is 0.538. The molecule has 1 aromatic carbocycles. The average molecular weight is 205 g/mol. The summed E-state index contributed by atoms with van der Waals surface area (Å²) < 4.78 is 0. The van der Waals surface area contributed by atoms with E-state index in [1.54, 1.807) is 0 Å². The molecule has 1 fully saturated rings. The van der Waals surface area contributed by atoms with Crippen LogP contribution in [-0.2, 0) is 5.41 Å². The minimum atomic E-state index is -0.256. The lowest BCUT2D eigenvalue weighted by atomic mass is 9.57. The number of aliphatic hydroxyl groups excluding tert-OH is 1. The zero-order valence-electron chi connectivity index (χ0n) is 9.40. The number of aliphatic hydroxyl groups is 1. The maximum Gasteiger partial charge on any atom is 0.0575 e. The predicted octanol–water partition coefficient (Wildman–Crippen LogP) is 1.82. The second-order valence-electron chi connectivity index (χ2n) is 5.21. The molecule has 82 valence electrons. The van der Waals surface area contributed by atoms with Crippen molar-refractivity contribution < 1.29 is 5.11 Å². The first-order valence-electron chi connectivity index (χ1n) is 5.48. The van der Waals surface area contributed by atoms with Crippen molar-refractivity contribution in [2.75, 3.05) is 0 Å². The van der Waals surface area contributed by atoms with Gasteiger partial charge in [0.05, 0.1) is 6.10 Å². The molecule has 3 N–H and O–H groups in total. The molecule has 0 heterocycles. The summed E-state index contributed by atoms with van der Waals surface area (Å²) in [6, 6.07) is 10.3. The van der Waals surface area contributed by atoms with Crippen molar-refractivity contribution in [3.05, 3.63) is 35.9 Å². The van der Waals surface area contributed by atoms with Crippen LogP contribution in [0.2, 0.25) is 0 Å². The Morgan fingerprint density at radius 1 is 1.27 bits per heavy atom. The molecule has 1 aliphatic carbocycles. The third kappa shape index (κ3) is 1.58. The van der Waals surface area contributed by atoms with E-state index in [1.807, 2.05) is 18.2 Å². The van der Waals surface area contributed by atoms with Gasteiger partial charge < -0.3 is 10.8 Å². The van der Waals surface area contributed by atoms with Gasteiger partial charge >= 0.3 is 0 Å². The van der Waals surface area contributed by atoms with Gasteiger partial charge in [-0.15, -0.1) is 0 Å². The molecule has 1 saturated carbocycles. The van der Waals surface area contributed by atoms with Gasteiger partial charge in [0.25, 0.3) is 0 Å². The summed E-state index contributed by atoms with van der Waals surface area (Å²) in [5.41, 5.74) is 7.26. The van der Waals surface area contributed by atoms with Gasteiger partial charge in [-0.3, -0.25) is 0 Å². The Labute approximate surface area is 91.1 Å². The van der Waals surface area contributed by atoms with Gasteiger partial charge in [0.15, 0.2) is 0 Å². The van der Waals surface area contributed by atoms with E-state index in [4.69, 9.17) is 5.73 Å². The van der Waals surface area contributed by atoms with Crippen molar-refractivity contribution in [3.8, 4) is 0 Å². The Morgan fingerprint density at radius 2 is 1.80 bits per heavy atom. The van der Waals surface area contributed by atoms with E-state index >= 15 is 0 Å². The summed E-state index contributed by atoms with van der Waals surface area (Å²) in [6.45, 7) is 4.32. The maximum atomic E-state index is 9.41. The Hall–Kier alpha value is -0.860. The summed E-state index contributed by atoms with van der Waals surface area (Å²) in [6.07, 6.45) is 1.20. The molecule has 15 heavy (non-hydrogen) atoms. The fourth-order valence-corrected chi connectivity index (χ4v) is 2.43. The molecule has 1 aliphatic rings. The summed E-state index contributed by atoms with van der Waals surface area (Å²) in [4.78, 5) is 0. The molecule has 0 spiro atoms. The van der Waals surface area contributed by atoms with Gasteiger partial charge in [-0.05, 0) is 18.4 Å². The minimum absolute atomic E-state index is 0.0759. The topological polar surface area (TPSA) is 46.2 Å². The van der Waals surface area contributed by atoms with Crippen LogP contribution in [0.3, 0.4) is 0 Å². The molecule has 0 saturated heterocycles. The van der Waals surface area contributed by atoms with Crippen LogP contribution in [0.5, 0.6) is 0 Å². The smallest absolute Gasteiger partial charge is 0.0575 e. The van der Waals surface area contributed by atoms with Crippen LogP contribution in [0, 0.1) is 0 Å². The molecule has 0 unspecified atom stereocenters. The van der Waals surface area contributed by atoms with Crippen LogP contribution >= 0.6 is 0 Å². The van der Waals surface area contributed by atoms with E-state index in [0.29, 0.717) is 12.8 Å². The highest BCUT2D eigenvalue weighted by atomic mass is 16.3. The maximum absolute atomic E-state index is 9.41. The van der Waals surface area contributed by atoms with Crippen molar-refractivity contribution in [1.29, 1.82) is 0 Å². The molecule has 0 amide bonds. The number of nitrogens with two attached hydrogens (primary N) is 1. The highest BCUT2D eigenvalue weighted by Crippen LogP contribution is 2.45. The lowest BCUT2D eigenvalue weighted by Gasteiger charge is -2.53. The van der Waals surface area contributed by atoms with E-state index in [-0.39, 0.29) is 17.1 Å². The Bertz CT molecular complexity index is 339. The lowest BCUT2D eigenvalue weighted by Crippen LogP contribution is -2.65. The van der Waals surface area contributed by atoms with Crippen molar-refractivity contribution in [2.24, 2.45) is 5.73 Å².